The standard InChI is InChI=1S/C27H41N5O2/c1-3-8-23-19-31(26(34)29-23)17-21-11-13-22(14-12-21)18-32-24(33)27(15-4-2,30-25(32)28)16-20-9-6-5-7-10-20/h11-14,20,23H,3-10,15-19H2,1-2H3,(H2,28,30)(H,29,34)/t23-,27?/m0/s1. The van der Waals surface area contributed by atoms with Crippen molar-refractivity contribution in [1.82, 2.24) is 20.4 Å². The third kappa shape index (κ3) is 5.39. The van der Waals surface area contributed by atoms with E-state index in [-0.39, 0.29) is 23.9 Å². The van der Waals surface area contributed by atoms with Gasteiger partial charge in [-0.3, -0.25) is 15.1 Å². The predicted octanol–water partition coefficient (Wildman–Crippen LogP) is 4.76. The van der Waals surface area contributed by atoms with Crippen LogP contribution in [-0.2, 0) is 17.9 Å². The van der Waals surface area contributed by atoms with Gasteiger partial charge in [-0.1, -0.05) is 83.1 Å². The van der Waals surface area contributed by atoms with Gasteiger partial charge in [-0.05, 0) is 36.3 Å². The summed E-state index contributed by atoms with van der Waals surface area (Å²) in [6, 6.07) is 8.37. The van der Waals surface area contributed by atoms with Gasteiger partial charge >= 0.3 is 6.03 Å². The molecule has 1 aliphatic carbocycles. The molecule has 2 saturated heterocycles. The minimum atomic E-state index is -0.619. The molecule has 7 nitrogen and oxygen atoms in total. The Morgan fingerprint density at radius 3 is 2.32 bits per heavy atom. The van der Waals surface area contributed by atoms with Crippen LogP contribution in [0.2, 0.25) is 0 Å². The lowest BCUT2D eigenvalue weighted by Gasteiger charge is -2.33. The number of amides is 3. The lowest BCUT2D eigenvalue weighted by Crippen LogP contribution is -2.48. The highest BCUT2D eigenvalue weighted by Gasteiger charge is 2.49. The summed E-state index contributed by atoms with van der Waals surface area (Å²) in [5, 5.41) is 14.9. The summed E-state index contributed by atoms with van der Waals surface area (Å²) in [6.45, 7) is 6.00. The maximum absolute atomic E-state index is 13.6. The minimum Gasteiger partial charge on any atom is -0.342 e. The van der Waals surface area contributed by atoms with Crippen LogP contribution in [0.1, 0.15) is 89.2 Å². The van der Waals surface area contributed by atoms with Crippen LogP contribution in [0.4, 0.5) is 4.79 Å². The zero-order chi connectivity index (χ0) is 24.1. The molecule has 2 heterocycles. The molecule has 1 aromatic carbocycles. The molecule has 0 spiro atoms. The third-order valence-electron chi connectivity index (χ3n) is 7.75. The summed E-state index contributed by atoms with van der Waals surface area (Å²) in [5.74, 6) is 0.863. The van der Waals surface area contributed by atoms with Crippen molar-refractivity contribution in [2.24, 2.45) is 5.92 Å². The molecule has 4 rings (SSSR count). The average Bonchev–Trinajstić information content (AvgIpc) is 3.27. The highest BCUT2D eigenvalue weighted by Crippen LogP contribution is 2.36. The number of hydrogen-bond acceptors (Lipinski definition) is 3. The van der Waals surface area contributed by atoms with Gasteiger partial charge in [0.15, 0.2) is 5.96 Å². The second-order valence-electron chi connectivity index (χ2n) is 10.5. The van der Waals surface area contributed by atoms with E-state index in [9.17, 15) is 9.59 Å². The van der Waals surface area contributed by atoms with Crippen LogP contribution in [0.5, 0.6) is 0 Å². The fourth-order valence-electron chi connectivity index (χ4n) is 6.04. The molecule has 1 saturated carbocycles. The molecule has 186 valence electrons. The van der Waals surface area contributed by atoms with Gasteiger partial charge in [0.05, 0.1) is 6.54 Å². The number of nitrogens with zero attached hydrogens (tertiary/aromatic N) is 2. The minimum absolute atomic E-state index is 0.00921. The Morgan fingerprint density at radius 1 is 1.00 bits per heavy atom. The Balaban J connectivity index is 1.38. The van der Waals surface area contributed by atoms with Gasteiger partial charge in [-0.25, -0.2) is 4.79 Å². The smallest absolute Gasteiger partial charge is 0.318 e. The van der Waals surface area contributed by atoms with E-state index in [4.69, 9.17) is 5.41 Å². The van der Waals surface area contributed by atoms with Crippen LogP contribution < -0.4 is 10.6 Å². The van der Waals surface area contributed by atoms with Crippen LogP contribution in [-0.4, -0.2) is 45.8 Å². The quantitative estimate of drug-likeness (QED) is 0.464. The van der Waals surface area contributed by atoms with E-state index in [2.05, 4.69) is 24.5 Å². The number of carbonyl (C=O) groups is 2. The highest BCUT2D eigenvalue weighted by atomic mass is 16.2. The summed E-state index contributed by atoms with van der Waals surface area (Å²) in [6.07, 6.45) is 10.8. The topological polar surface area (TPSA) is 88.5 Å². The molecule has 0 aromatic heterocycles. The Kier molecular flexibility index (Phi) is 7.79. The van der Waals surface area contributed by atoms with Gasteiger partial charge in [-0.15, -0.1) is 0 Å². The first-order valence-electron chi connectivity index (χ1n) is 13.3. The van der Waals surface area contributed by atoms with Gasteiger partial charge < -0.3 is 15.5 Å². The van der Waals surface area contributed by atoms with Crippen molar-refractivity contribution < 1.29 is 9.59 Å². The van der Waals surface area contributed by atoms with E-state index in [1.807, 2.05) is 29.2 Å². The summed E-state index contributed by atoms with van der Waals surface area (Å²) in [7, 11) is 0. The largest absolute Gasteiger partial charge is 0.342 e. The molecule has 7 heteroatoms. The molecule has 0 radical (unpaired) electrons. The lowest BCUT2D eigenvalue weighted by atomic mass is 9.77. The molecule has 1 unspecified atom stereocenters. The van der Waals surface area contributed by atoms with E-state index in [1.54, 1.807) is 4.90 Å². The van der Waals surface area contributed by atoms with Gasteiger partial charge in [0.2, 0.25) is 0 Å². The maximum Gasteiger partial charge on any atom is 0.318 e. The fourth-order valence-corrected chi connectivity index (χ4v) is 6.04. The van der Waals surface area contributed by atoms with Gasteiger partial charge in [0, 0.05) is 19.1 Å². The first-order valence-corrected chi connectivity index (χ1v) is 13.3. The zero-order valence-corrected chi connectivity index (χ0v) is 20.9. The molecule has 1 aromatic rings. The molecule has 3 amide bonds. The van der Waals surface area contributed by atoms with Crippen LogP contribution in [0.25, 0.3) is 0 Å². The normalized spacial score (nSPS) is 25.7. The Labute approximate surface area is 204 Å². The number of carbonyl (C=O) groups excluding carboxylic acids is 2. The Hall–Kier alpha value is -2.57. The second kappa shape index (κ2) is 10.8. The second-order valence-corrected chi connectivity index (χ2v) is 10.5. The lowest BCUT2D eigenvalue weighted by molar-refractivity contribution is -0.132. The number of nitrogens with one attached hydrogen (secondary N) is 3. The van der Waals surface area contributed by atoms with Crippen molar-refractivity contribution >= 4 is 17.9 Å². The predicted molar refractivity (Wildman–Crippen MR) is 134 cm³/mol. The number of hydrogen-bond donors (Lipinski definition) is 3. The molecule has 2 atom stereocenters. The fraction of sp³-hybridized carbons (Fsp3) is 0.667. The average molecular weight is 468 g/mol. The molecule has 2 aliphatic heterocycles. The van der Waals surface area contributed by atoms with Crippen molar-refractivity contribution in [1.29, 1.82) is 5.41 Å². The van der Waals surface area contributed by atoms with Crippen molar-refractivity contribution in [2.75, 3.05) is 6.54 Å². The van der Waals surface area contributed by atoms with Gasteiger partial charge in [0.25, 0.3) is 5.91 Å². The van der Waals surface area contributed by atoms with E-state index >= 15 is 0 Å². The number of rotatable bonds is 10. The van der Waals surface area contributed by atoms with Gasteiger partial charge in [0.1, 0.15) is 5.54 Å². The van der Waals surface area contributed by atoms with E-state index < -0.39 is 5.54 Å². The molecule has 34 heavy (non-hydrogen) atoms. The summed E-state index contributed by atoms with van der Waals surface area (Å²) in [5.41, 5.74) is 1.46. The number of urea groups is 1. The SMILES string of the molecule is CCC[C@H]1CN(Cc2ccc(CN3C(=N)NC(CCC)(CC4CCCCC4)C3=O)cc2)C(=O)N1. The first-order chi connectivity index (χ1) is 16.4. The van der Waals surface area contributed by atoms with Crippen molar-refractivity contribution in [3.63, 3.8) is 0 Å². The van der Waals surface area contributed by atoms with Crippen LogP contribution in [0.3, 0.4) is 0 Å². The van der Waals surface area contributed by atoms with Crippen molar-refractivity contribution in [3.05, 3.63) is 35.4 Å². The van der Waals surface area contributed by atoms with E-state index in [0.717, 1.165) is 49.8 Å². The number of benzene rings is 1. The van der Waals surface area contributed by atoms with Crippen LogP contribution in [0, 0.1) is 11.3 Å². The first kappa shape index (κ1) is 24.6. The van der Waals surface area contributed by atoms with Gasteiger partial charge in [-0.2, -0.15) is 0 Å². The molecule has 0 bridgehead atoms. The summed E-state index contributed by atoms with van der Waals surface area (Å²) >= 11 is 0. The molecule has 3 aliphatic rings. The number of guanidine groups is 1. The van der Waals surface area contributed by atoms with Crippen molar-refractivity contribution in [3.8, 4) is 0 Å². The maximum atomic E-state index is 13.6. The Morgan fingerprint density at radius 2 is 1.68 bits per heavy atom. The van der Waals surface area contributed by atoms with E-state index in [0.29, 0.717) is 19.0 Å². The monoisotopic (exact) mass is 467 g/mol. The van der Waals surface area contributed by atoms with E-state index in [1.165, 1.54) is 32.1 Å². The molecular formula is C27H41N5O2. The summed E-state index contributed by atoms with van der Waals surface area (Å²) in [4.78, 5) is 29.3. The Bertz CT molecular complexity index is 880. The van der Waals surface area contributed by atoms with Crippen LogP contribution in [0.15, 0.2) is 24.3 Å². The molecular weight excluding hydrogens is 426 g/mol. The van der Waals surface area contributed by atoms with Crippen LogP contribution >= 0.6 is 0 Å². The van der Waals surface area contributed by atoms with Crippen molar-refractivity contribution in [2.45, 2.75) is 103 Å². The highest BCUT2D eigenvalue weighted by molar-refractivity contribution is 6.07. The molecule has 3 N–H and O–H groups in total. The molecule has 3 fully saturated rings. The zero-order valence-electron chi connectivity index (χ0n) is 20.9. The summed E-state index contributed by atoms with van der Waals surface area (Å²) < 4.78 is 0. The third-order valence-corrected chi connectivity index (χ3v) is 7.75.